The summed E-state index contributed by atoms with van der Waals surface area (Å²) in [6, 6.07) is 5.27. The third-order valence-corrected chi connectivity index (χ3v) is 4.65. The summed E-state index contributed by atoms with van der Waals surface area (Å²) in [6.07, 6.45) is 4.35. The van der Waals surface area contributed by atoms with Crippen LogP contribution in [0.1, 0.15) is 36.0 Å². The molecular formula is C14H16BrCl2NO. The molecule has 2 atom stereocenters. The Morgan fingerprint density at radius 3 is 2.89 bits per heavy atom. The lowest BCUT2D eigenvalue weighted by atomic mass is 9.89. The number of carbonyl (C=O) groups excluding carboxylic acids is 1. The van der Waals surface area contributed by atoms with E-state index in [0.29, 0.717) is 23.0 Å². The summed E-state index contributed by atoms with van der Waals surface area (Å²) in [6.45, 7) is 0.675. The van der Waals surface area contributed by atoms with E-state index in [2.05, 4.69) is 21.2 Å². The molecule has 0 bridgehead atoms. The van der Waals surface area contributed by atoms with Crippen LogP contribution < -0.4 is 5.32 Å². The van der Waals surface area contributed by atoms with E-state index >= 15 is 0 Å². The molecular weight excluding hydrogens is 349 g/mol. The molecule has 0 radical (unpaired) electrons. The van der Waals surface area contributed by atoms with Gasteiger partial charge >= 0.3 is 0 Å². The predicted molar refractivity (Wildman–Crippen MR) is 83.1 cm³/mol. The maximum atomic E-state index is 12.1. The molecule has 0 heterocycles. The molecule has 1 aliphatic rings. The molecule has 104 valence electrons. The number of nitrogens with one attached hydrogen (secondary N) is 1. The maximum absolute atomic E-state index is 12.1. The highest BCUT2D eigenvalue weighted by atomic mass is 79.9. The number of hydrogen-bond acceptors (Lipinski definition) is 1. The Morgan fingerprint density at radius 2 is 2.21 bits per heavy atom. The molecule has 0 spiro atoms. The first kappa shape index (κ1) is 15.1. The number of halogens is 3. The van der Waals surface area contributed by atoms with Crippen molar-refractivity contribution in [3.05, 3.63) is 33.3 Å². The predicted octanol–water partition coefficient (Wildman–Crippen LogP) is 4.63. The van der Waals surface area contributed by atoms with Crippen molar-refractivity contribution in [2.24, 2.45) is 5.92 Å². The fourth-order valence-electron chi connectivity index (χ4n) is 2.42. The van der Waals surface area contributed by atoms with Crippen molar-refractivity contribution in [1.29, 1.82) is 0 Å². The molecule has 2 nitrogen and oxygen atoms in total. The molecule has 2 unspecified atom stereocenters. The first-order valence-electron chi connectivity index (χ1n) is 6.43. The molecule has 1 amide bonds. The van der Waals surface area contributed by atoms with E-state index in [0.717, 1.165) is 30.2 Å². The summed E-state index contributed by atoms with van der Waals surface area (Å²) in [5, 5.41) is 3.67. The van der Waals surface area contributed by atoms with Crippen LogP contribution in [-0.4, -0.2) is 17.8 Å². The Kier molecular flexibility index (Phi) is 5.55. The average molecular weight is 365 g/mol. The van der Waals surface area contributed by atoms with Crippen molar-refractivity contribution in [3.8, 4) is 0 Å². The maximum Gasteiger partial charge on any atom is 0.252 e. The van der Waals surface area contributed by atoms with Crippen LogP contribution in [0.15, 0.2) is 22.7 Å². The molecule has 0 aliphatic heterocycles. The van der Waals surface area contributed by atoms with Crippen molar-refractivity contribution in [2.45, 2.75) is 31.1 Å². The van der Waals surface area contributed by atoms with Gasteiger partial charge in [0.15, 0.2) is 0 Å². The topological polar surface area (TPSA) is 29.1 Å². The number of benzene rings is 1. The highest BCUT2D eigenvalue weighted by molar-refractivity contribution is 9.10. The highest BCUT2D eigenvalue weighted by Gasteiger charge is 2.21. The quantitative estimate of drug-likeness (QED) is 0.778. The van der Waals surface area contributed by atoms with Crippen molar-refractivity contribution in [1.82, 2.24) is 5.32 Å². The van der Waals surface area contributed by atoms with Gasteiger partial charge in [-0.2, -0.15) is 0 Å². The summed E-state index contributed by atoms with van der Waals surface area (Å²) in [5.74, 6) is 0.364. The van der Waals surface area contributed by atoms with Gasteiger partial charge in [-0.25, -0.2) is 0 Å². The van der Waals surface area contributed by atoms with Crippen LogP contribution in [0.4, 0.5) is 0 Å². The number of rotatable bonds is 3. The van der Waals surface area contributed by atoms with Crippen LogP contribution in [0, 0.1) is 5.92 Å². The molecule has 1 fully saturated rings. The first-order chi connectivity index (χ1) is 9.06. The van der Waals surface area contributed by atoms with Crippen molar-refractivity contribution >= 4 is 45.0 Å². The number of alkyl halides is 1. The van der Waals surface area contributed by atoms with Gasteiger partial charge in [-0.1, -0.05) is 34.0 Å². The molecule has 1 aromatic carbocycles. The van der Waals surface area contributed by atoms with Gasteiger partial charge in [0.25, 0.3) is 5.91 Å². The van der Waals surface area contributed by atoms with E-state index in [1.165, 1.54) is 0 Å². The minimum absolute atomic E-state index is 0.116. The fraction of sp³-hybridized carbons (Fsp3) is 0.500. The smallest absolute Gasteiger partial charge is 0.252 e. The second kappa shape index (κ2) is 6.96. The lowest BCUT2D eigenvalue weighted by Gasteiger charge is -2.25. The lowest BCUT2D eigenvalue weighted by Crippen LogP contribution is -2.32. The molecule has 19 heavy (non-hydrogen) atoms. The van der Waals surface area contributed by atoms with Crippen molar-refractivity contribution < 1.29 is 4.79 Å². The van der Waals surface area contributed by atoms with E-state index in [9.17, 15) is 4.79 Å². The van der Waals surface area contributed by atoms with Crippen LogP contribution in [0.5, 0.6) is 0 Å². The Labute approximate surface area is 132 Å². The third-order valence-electron chi connectivity index (χ3n) is 3.45. The Balaban J connectivity index is 1.90. The Hall–Kier alpha value is -0.250. The van der Waals surface area contributed by atoms with Gasteiger partial charge in [-0.05, 0) is 43.4 Å². The molecule has 1 aliphatic carbocycles. The minimum atomic E-state index is -0.116. The van der Waals surface area contributed by atoms with Crippen LogP contribution >= 0.6 is 39.1 Å². The second-order valence-electron chi connectivity index (χ2n) is 4.96. The molecule has 2 rings (SSSR count). The number of amides is 1. The summed E-state index contributed by atoms with van der Waals surface area (Å²) in [7, 11) is 0. The van der Waals surface area contributed by atoms with Gasteiger partial charge in [-0.15, -0.1) is 11.6 Å². The van der Waals surface area contributed by atoms with Crippen LogP contribution in [0.3, 0.4) is 0 Å². The Bertz CT molecular complexity index is 467. The van der Waals surface area contributed by atoms with Gasteiger partial charge in [0.2, 0.25) is 0 Å². The molecule has 1 N–H and O–H groups in total. The molecule has 0 aromatic heterocycles. The zero-order chi connectivity index (χ0) is 13.8. The molecule has 1 aromatic rings. The van der Waals surface area contributed by atoms with E-state index in [-0.39, 0.29) is 11.3 Å². The van der Waals surface area contributed by atoms with Crippen LogP contribution in [0.25, 0.3) is 0 Å². The van der Waals surface area contributed by atoms with E-state index in [1.807, 2.05) is 6.07 Å². The lowest BCUT2D eigenvalue weighted by molar-refractivity contribution is 0.0944. The van der Waals surface area contributed by atoms with Crippen molar-refractivity contribution in [2.75, 3.05) is 6.54 Å². The normalized spacial score (nSPS) is 23.1. The summed E-state index contributed by atoms with van der Waals surface area (Å²) in [5.41, 5.74) is 0.517. The van der Waals surface area contributed by atoms with Gasteiger partial charge in [0, 0.05) is 16.4 Å². The van der Waals surface area contributed by atoms with Gasteiger partial charge in [-0.3, -0.25) is 4.79 Å². The minimum Gasteiger partial charge on any atom is -0.352 e. The van der Waals surface area contributed by atoms with Crippen LogP contribution in [-0.2, 0) is 0 Å². The zero-order valence-corrected chi connectivity index (χ0v) is 13.6. The zero-order valence-electron chi connectivity index (χ0n) is 10.5. The first-order valence-corrected chi connectivity index (χ1v) is 8.04. The summed E-state index contributed by atoms with van der Waals surface area (Å²) in [4.78, 5) is 12.1. The SMILES string of the molecule is O=C(NCC1CCCC(Cl)C1)c1ccc(Br)cc1Cl. The number of hydrogen-bond donors (Lipinski definition) is 1. The second-order valence-corrected chi connectivity index (χ2v) is 6.90. The molecule has 1 saturated carbocycles. The monoisotopic (exact) mass is 363 g/mol. The summed E-state index contributed by atoms with van der Waals surface area (Å²) >= 11 is 15.5. The molecule has 0 saturated heterocycles. The summed E-state index contributed by atoms with van der Waals surface area (Å²) < 4.78 is 0.867. The van der Waals surface area contributed by atoms with Gasteiger partial charge in [0.1, 0.15) is 0 Å². The van der Waals surface area contributed by atoms with E-state index < -0.39 is 0 Å². The van der Waals surface area contributed by atoms with E-state index in [4.69, 9.17) is 23.2 Å². The fourth-order valence-corrected chi connectivity index (χ4v) is 3.58. The Morgan fingerprint density at radius 1 is 1.42 bits per heavy atom. The standard InChI is InChI=1S/C14H16BrCl2NO/c15-10-4-5-12(13(17)7-10)14(19)18-8-9-2-1-3-11(16)6-9/h4-5,7,9,11H,1-3,6,8H2,(H,18,19). The third kappa shape index (κ3) is 4.37. The average Bonchev–Trinajstić information content (AvgIpc) is 2.36. The largest absolute Gasteiger partial charge is 0.352 e. The highest BCUT2D eigenvalue weighted by Crippen LogP contribution is 2.27. The number of carbonyl (C=O) groups is 1. The van der Waals surface area contributed by atoms with Gasteiger partial charge < -0.3 is 5.32 Å². The van der Waals surface area contributed by atoms with E-state index in [1.54, 1.807) is 12.1 Å². The molecule has 5 heteroatoms. The van der Waals surface area contributed by atoms with Gasteiger partial charge in [0.05, 0.1) is 10.6 Å². The van der Waals surface area contributed by atoms with Crippen LogP contribution in [0.2, 0.25) is 5.02 Å². The van der Waals surface area contributed by atoms with Crippen molar-refractivity contribution in [3.63, 3.8) is 0 Å².